The molecule has 0 N–H and O–H groups in total. The number of benzene rings is 2. The van der Waals surface area contributed by atoms with Gasteiger partial charge in [0, 0.05) is 24.4 Å². The van der Waals surface area contributed by atoms with Crippen molar-refractivity contribution >= 4 is 5.97 Å². The molecule has 0 aliphatic heterocycles. The van der Waals surface area contributed by atoms with E-state index in [1.54, 1.807) is 22.5 Å². The summed E-state index contributed by atoms with van der Waals surface area (Å²) < 4.78 is 8.82. The van der Waals surface area contributed by atoms with Crippen LogP contribution in [-0.2, 0) is 11.8 Å². The number of esters is 1. The van der Waals surface area contributed by atoms with Crippen molar-refractivity contribution in [3.8, 4) is 28.2 Å². The fraction of sp³-hybridized carbons (Fsp3) is 0.136. The normalized spacial score (nSPS) is 10.8. The monoisotopic (exact) mass is 372 g/mol. The summed E-state index contributed by atoms with van der Waals surface area (Å²) in [5.74, 6) is -0.392. The van der Waals surface area contributed by atoms with Crippen molar-refractivity contribution in [2.75, 3.05) is 6.61 Å². The summed E-state index contributed by atoms with van der Waals surface area (Å²) >= 11 is 0. The number of hydrogen-bond donors (Lipinski definition) is 0. The Bertz CT molecular complexity index is 1100. The second kappa shape index (κ2) is 7.52. The van der Waals surface area contributed by atoms with Crippen LogP contribution in [0.25, 0.3) is 28.2 Å². The smallest absolute Gasteiger partial charge is 0.342 e. The molecule has 4 rings (SSSR count). The summed E-state index contributed by atoms with van der Waals surface area (Å²) in [7, 11) is 1.83. The Balaban J connectivity index is 1.86. The van der Waals surface area contributed by atoms with E-state index in [9.17, 15) is 4.79 Å². The Morgan fingerprint density at radius 2 is 1.68 bits per heavy atom. The minimum Gasteiger partial charge on any atom is -0.462 e. The summed E-state index contributed by atoms with van der Waals surface area (Å²) in [6.07, 6.45) is 3.59. The van der Waals surface area contributed by atoms with E-state index in [0.29, 0.717) is 17.9 Å². The predicted octanol–water partition coefficient (Wildman–Crippen LogP) is 4.12. The number of nitrogens with zero attached hydrogens (tertiary/aromatic N) is 4. The van der Waals surface area contributed by atoms with Crippen molar-refractivity contribution in [1.29, 1.82) is 0 Å². The fourth-order valence-electron chi connectivity index (χ4n) is 3.22. The van der Waals surface area contributed by atoms with Gasteiger partial charge in [0.25, 0.3) is 0 Å². The van der Waals surface area contributed by atoms with Crippen LogP contribution in [0.15, 0.2) is 73.1 Å². The van der Waals surface area contributed by atoms with Crippen LogP contribution in [-0.4, -0.2) is 32.1 Å². The van der Waals surface area contributed by atoms with Crippen LogP contribution >= 0.6 is 0 Å². The predicted molar refractivity (Wildman–Crippen MR) is 107 cm³/mol. The molecule has 0 unspecified atom stereocenters. The summed E-state index contributed by atoms with van der Waals surface area (Å²) in [4.78, 5) is 12.8. The summed E-state index contributed by atoms with van der Waals surface area (Å²) in [6.45, 7) is 2.09. The minimum atomic E-state index is -0.392. The Kier molecular flexibility index (Phi) is 4.76. The van der Waals surface area contributed by atoms with E-state index in [1.807, 2.05) is 73.9 Å². The summed E-state index contributed by atoms with van der Waals surface area (Å²) in [5, 5.41) is 9.07. The maximum atomic E-state index is 12.8. The third-order valence-corrected chi connectivity index (χ3v) is 4.45. The lowest BCUT2D eigenvalue weighted by atomic mass is 10.0. The molecule has 0 bridgehead atoms. The molecule has 0 aliphatic carbocycles. The van der Waals surface area contributed by atoms with E-state index in [4.69, 9.17) is 4.74 Å². The van der Waals surface area contributed by atoms with Gasteiger partial charge in [0.1, 0.15) is 11.3 Å². The molecule has 4 aromatic rings. The second-order valence-corrected chi connectivity index (χ2v) is 6.29. The maximum absolute atomic E-state index is 12.8. The van der Waals surface area contributed by atoms with Gasteiger partial charge in [-0.25, -0.2) is 9.48 Å². The highest BCUT2D eigenvalue weighted by molar-refractivity contribution is 6.02. The van der Waals surface area contributed by atoms with E-state index in [2.05, 4.69) is 10.2 Å². The van der Waals surface area contributed by atoms with Crippen molar-refractivity contribution in [2.45, 2.75) is 6.92 Å². The van der Waals surface area contributed by atoms with Crippen LogP contribution in [0.2, 0.25) is 0 Å². The Labute approximate surface area is 163 Å². The SMILES string of the molecule is CCOC(=O)c1c(-c2cnn(-c3ccccc3)c2)nn(C)c1-c1ccccc1. The second-order valence-electron chi connectivity index (χ2n) is 6.29. The van der Waals surface area contributed by atoms with Crippen LogP contribution in [0, 0.1) is 0 Å². The quantitative estimate of drug-likeness (QED) is 0.495. The molecule has 140 valence electrons. The third kappa shape index (κ3) is 3.20. The van der Waals surface area contributed by atoms with Crippen LogP contribution < -0.4 is 0 Å². The molecule has 0 fully saturated rings. The first-order valence-electron chi connectivity index (χ1n) is 9.09. The first kappa shape index (κ1) is 17.7. The van der Waals surface area contributed by atoms with E-state index < -0.39 is 5.97 Å². The zero-order valence-corrected chi connectivity index (χ0v) is 15.7. The minimum absolute atomic E-state index is 0.296. The van der Waals surface area contributed by atoms with Crippen LogP contribution in [0.1, 0.15) is 17.3 Å². The van der Waals surface area contributed by atoms with Crippen LogP contribution in [0.5, 0.6) is 0 Å². The first-order chi connectivity index (χ1) is 13.7. The van der Waals surface area contributed by atoms with Crippen molar-refractivity contribution in [3.63, 3.8) is 0 Å². The van der Waals surface area contributed by atoms with Gasteiger partial charge in [-0.2, -0.15) is 10.2 Å². The van der Waals surface area contributed by atoms with Crippen molar-refractivity contribution in [2.24, 2.45) is 7.05 Å². The molecule has 0 spiro atoms. The zero-order chi connectivity index (χ0) is 19.5. The van der Waals surface area contributed by atoms with Gasteiger partial charge in [-0.15, -0.1) is 0 Å². The highest BCUT2D eigenvalue weighted by atomic mass is 16.5. The number of aromatic nitrogens is 4. The van der Waals surface area contributed by atoms with Gasteiger partial charge in [-0.3, -0.25) is 4.68 Å². The molecule has 0 saturated carbocycles. The van der Waals surface area contributed by atoms with E-state index >= 15 is 0 Å². The number of carbonyl (C=O) groups is 1. The topological polar surface area (TPSA) is 61.9 Å². The van der Waals surface area contributed by atoms with Gasteiger partial charge in [0.05, 0.1) is 24.2 Å². The molecule has 0 aliphatic rings. The van der Waals surface area contributed by atoms with Gasteiger partial charge in [-0.1, -0.05) is 48.5 Å². The zero-order valence-electron chi connectivity index (χ0n) is 15.7. The van der Waals surface area contributed by atoms with E-state index in [-0.39, 0.29) is 0 Å². The van der Waals surface area contributed by atoms with Gasteiger partial charge < -0.3 is 4.74 Å². The lowest BCUT2D eigenvalue weighted by Crippen LogP contribution is -2.07. The maximum Gasteiger partial charge on any atom is 0.342 e. The Morgan fingerprint density at radius 3 is 2.36 bits per heavy atom. The fourth-order valence-corrected chi connectivity index (χ4v) is 3.22. The lowest BCUT2D eigenvalue weighted by molar-refractivity contribution is 0.0528. The molecule has 28 heavy (non-hydrogen) atoms. The van der Waals surface area contributed by atoms with Crippen LogP contribution in [0.3, 0.4) is 0 Å². The Hall–Kier alpha value is -3.67. The average Bonchev–Trinajstić information content (AvgIpc) is 3.34. The number of rotatable bonds is 5. The molecule has 6 nitrogen and oxygen atoms in total. The highest BCUT2D eigenvalue weighted by Gasteiger charge is 2.26. The van der Waals surface area contributed by atoms with E-state index in [1.165, 1.54) is 0 Å². The summed E-state index contributed by atoms with van der Waals surface area (Å²) in [5.41, 5.74) is 4.32. The van der Waals surface area contributed by atoms with Crippen molar-refractivity contribution in [1.82, 2.24) is 19.6 Å². The van der Waals surface area contributed by atoms with Gasteiger partial charge in [-0.05, 0) is 19.1 Å². The molecule has 2 aromatic heterocycles. The number of hydrogen-bond acceptors (Lipinski definition) is 4. The lowest BCUT2D eigenvalue weighted by Gasteiger charge is -2.07. The molecular formula is C22H20N4O2. The van der Waals surface area contributed by atoms with Crippen molar-refractivity contribution < 1.29 is 9.53 Å². The third-order valence-electron chi connectivity index (χ3n) is 4.45. The number of carbonyl (C=O) groups excluding carboxylic acids is 1. The van der Waals surface area contributed by atoms with E-state index in [0.717, 1.165) is 22.5 Å². The molecule has 2 heterocycles. The van der Waals surface area contributed by atoms with Gasteiger partial charge in [0.2, 0.25) is 0 Å². The van der Waals surface area contributed by atoms with Crippen molar-refractivity contribution in [3.05, 3.63) is 78.6 Å². The van der Waals surface area contributed by atoms with Gasteiger partial charge >= 0.3 is 5.97 Å². The van der Waals surface area contributed by atoms with Gasteiger partial charge in [0.15, 0.2) is 0 Å². The molecule has 0 atom stereocenters. The molecule has 0 radical (unpaired) electrons. The largest absolute Gasteiger partial charge is 0.462 e. The molecule has 6 heteroatoms. The molecule has 0 amide bonds. The number of aryl methyl sites for hydroxylation is 1. The average molecular weight is 372 g/mol. The molecule has 2 aromatic carbocycles. The standard InChI is InChI=1S/C22H20N4O2/c1-3-28-22(27)19-20(24-25(2)21(19)16-10-6-4-7-11-16)17-14-23-26(15-17)18-12-8-5-9-13-18/h4-15H,3H2,1-2H3. The highest BCUT2D eigenvalue weighted by Crippen LogP contribution is 2.32. The first-order valence-corrected chi connectivity index (χ1v) is 9.09. The Morgan fingerprint density at radius 1 is 1.00 bits per heavy atom. The molecular weight excluding hydrogens is 352 g/mol. The van der Waals surface area contributed by atoms with Crippen LogP contribution in [0.4, 0.5) is 0 Å². The summed E-state index contributed by atoms with van der Waals surface area (Å²) in [6, 6.07) is 19.5. The molecule has 0 saturated heterocycles. The number of para-hydroxylation sites is 1. The number of ether oxygens (including phenoxy) is 1.